The van der Waals surface area contributed by atoms with Crippen molar-refractivity contribution < 1.29 is 9.90 Å². The molecule has 2 atom stereocenters. The highest BCUT2D eigenvalue weighted by Crippen LogP contribution is 2.15. The number of hydrogen-bond donors (Lipinski definition) is 4. The molecule has 1 aromatic rings. The number of anilines is 1. The molecule has 8 nitrogen and oxygen atoms in total. The number of aromatic amines is 1. The van der Waals surface area contributed by atoms with E-state index < -0.39 is 6.10 Å². The topological polar surface area (TPSA) is 120 Å². The van der Waals surface area contributed by atoms with Crippen LogP contribution < -0.4 is 11.1 Å². The summed E-state index contributed by atoms with van der Waals surface area (Å²) in [6.45, 7) is 1.85. The van der Waals surface area contributed by atoms with E-state index >= 15 is 0 Å². The van der Waals surface area contributed by atoms with E-state index in [1.165, 1.54) is 0 Å². The lowest BCUT2D eigenvalue weighted by Crippen LogP contribution is -2.49. The summed E-state index contributed by atoms with van der Waals surface area (Å²) in [7, 11) is 1.95. The minimum absolute atomic E-state index is 0.119. The maximum absolute atomic E-state index is 12.0. The second kappa shape index (κ2) is 5.98. The summed E-state index contributed by atoms with van der Waals surface area (Å²) < 4.78 is 0. The van der Waals surface area contributed by atoms with Crippen LogP contribution in [0.15, 0.2) is 0 Å². The molecule has 1 amide bonds. The normalized spacial score (nSPS) is 24.3. The fraction of sp³-hybridized carbons (Fsp3) is 0.727. The molecule has 2 rings (SSSR count). The predicted molar refractivity (Wildman–Crippen MR) is 69.1 cm³/mol. The largest absolute Gasteiger partial charge is 0.392 e. The summed E-state index contributed by atoms with van der Waals surface area (Å²) in [4.78, 5) is 18.0. The number of likely N-dealkylation sites (tertiary alicyclic amines) is 1. The molecule has 0 unspecified atom stereocenters. The van der Waals surface area contributed by atoms with Gasteiger partial charge in [0.15, 0.2) is 0 Å². The minimum atomic E-state index is -0.558. The monoisotopic (exact) mass is 268 g/mol. The van der Waals surface area contributed by atoms with E-state index in [0.717, 1.165) is 6.54 Å². The Balaban J connectivity index is 1.77. The fourth-order valence-electron chi connectivity index (χ4n) is 2.22. The van der Waals surface area contributed by atoms with Crippen LogP contribution in [-0.2, 0) is 11.2 Å². The van der Waals surface area contributed by atoms with Gasteiger partial charge >= 0.3 is 0 Å². The summed E-state index contributed by atoms with van der Waals surface area (Å²) in [5.74, 6) is 0.356. The third-order valence-corrected chi connectivity index (χ3v) is 3.33. The van der Waals surface area contributed by atoms with Crippen molar-refractivity contribution in [3.8, 4) is 0 Å². The van der Waals surface area contributed by atoms with Crippen LogP contribution >= 0.6 is 0 Å². The number of aliphatic hydroxyl groups excluding tert-OH is 1. The highest BCUT2D eigenvalue weighted by Gasteiger charge is 2.31. The number of nitrogen functional groups attached to an aromatic ring is 1. The number of nitrogens with two attached hydrogens (primary N) is 1. The molecule has 8 heteroatoms. The van der Waals surface area contributed by atoms with Crippen LogP contribution in [0.4, 0.5) is 5.95 Å². The number of carbonyl (C=O) groups excluding carboxylic acids is 1. The van der Waals surface area contributed by atoms with Crippen LogP contribution in [-0.4, -0.2) is 63.9 Å². The number of nitrogens with zero attached hydrogens (tertiary/aromatic N) is 3. The maximum Gasteiger partial charge on any atom is 0.239 e. The van der Waals surface area contributed by atoms with E-state index in [2.05, 4.69) is 20.5 Å². The van der Waals surface area contributed by atoms with E-state index in [1.54, 1.807) is 0 Å². The van der Waals surface area contributed by atoms with Crippen molar-refractivity contribution in [1.82, 2.24) is 25.4 Å². The van der Waals surface area contributed by atoms with Crippen LogP contribution in [0.5, 0.6) is 0 Å². The molecule has 2 heterocycles. The van der Waals surface area contributed by atoms with Crippen LogP contribution in [0.3, 0.4) is 0 Å². The first-order valence-corrected chi connectivity index (χ1v) is 6.37. The molecule has 0 spiro atoms. The van der Waals surface area contributed by atoms with E-state index in [4.69, 9.17) is 5.73 Å². The molecule has 1 aliphatic heterocycles. The van der Waals surface area contributed by atoms with E-state index in [9.17, 15) is 9.90 Å². The van der Waals surface area contributed by atoms with E-state index in [0.29, 0.717) is 31.8 Å². The summed E-state index contributed by atoms with van der Waals surface area (Å²) >= 11 is 0. The quantitative estimate of drug-likeness (QED) is 0.520. The zero-order valence-electron chi connectivity index (χ0n) is 11.0. The second-order valence-electron chi connectivity index (χ2n) is 4.91. The van der Waals surface area contributed by atoms with Gasteiger partial charge in [0.05, 0.1) is 12.0 Å². The molecule has 1 fully saturated rings. The number of H-pyrrole nitrogens is 1. The minimum Gasteiger partial charge on any atom is -0.392 e. The van der Waals surface area contributed by atoms with Gasteiger partial charge in [-0.1, -0.05) is 0 Å². The Morgan fingerprint density at radius 2 is 2.47 bits per heavy atom. The first-order valence-electron chi connectivity index (χ1n) is 6.37. The molecular weight excluding hydrogens is 248 g/mol. The van der Waals surface area contributed by atoms with Gasteiger partial charge in [-0.15, -0.1) is 5.10 Å². The van der Waals surface area contributed by atoms with E-state index in [-0.39, 0.29) is 17.8 Å². The van der Waals surface area contributed by atoms with Crippen LogP contribution in [0.1, 0.15) is 12.2 Å². The Hall–Kier alpha value is -1.67. The molecular formula is C11H20N6O2. The van der Waals surface area contributed by atoms with Gasteiger partial charge in [0, 0.05) is 26.1 Å². The van der Waals surface area contributed by atoms with Crippen molar-refractivity contribution in [3.63, 3.8) is 0 Å². The number of hydrogen-bond acceptors (Lipinski definition) is 6. The first kappa shape index (κ1) is 13.8. The molecule has 0 bridgehead atoms. The van der Waals surface area contributed by atoms with Gasteiger partial charge in [0.25, 0.3) is 0 Å². The molecule has 1 aromatic heterocycles. The smallest absolute Gasteiger partial charge is 0.239 e. The summed E-state index contributed by atoms with van der Waals surface area (Å²) in [6, 6.07) is 0. The number of amides is 1. The van der Waals surface area contributed by atoms with E-state index in [1.807, 2.05) is 11.9 Å². The van der Waals surface area contributed by atoms with Crippen LogP contribution in [0.2, 0.25) is 0 Å². The second-order valence-corrected chi connectivity index (χ2v) is 4.91. The van der Waals surface area contributed by atoms with Crippen molar-refractivity contribution in [2.24, 2.45) is 5.92 Å². The Bertz CT molecular complexity index is 435. The lowest BCUT2D eigenvalue weighted by molar-refractivity contribution is -0.131. The highest BCUT2D eigenvalue weighted by atomic mass is 16.3. The first-order chi connectivity index (χ1) is 9.06. The summed E-state index contributed by atoms with van der Waals surface area (Å²) in [5, 5.41) is 19.0. The molecule has 0 aliphatic carbocycles. The maximum atomic E-state index is 12.0. The molecule has 1 aliphatic rings. The van der Waals surface area contributed by atoms with Crippen molar-refractivity contribution in [3.05, 3.63) is 5.82 Å². The molecule has 0 radical (unpaired) electrons. The highest BCUT2D eigenvalue weighted by molar-refractivity contribution is 5.79. The Morgan fingerprint density at radius 3 is 3.16 bits per heavy atom. The number of aromatic nitrogens is 3. The standard InChI is InChI=1S/C11H20N6O2/c1-17-5-3-8(18)7(6-17)10(19)13-4-2-9-14-11(12)16-15-9/h7-8,18H,2-6H2,1H3,(H,13,19)(H3,12,14,15,16)/t7-,8+/m1/s1. The fourth-order valence-corrected chi connectivity index (χ4v) is 2.22. The Kier molecular flexibility index (Phi) is 4.33. The molecule has 0 aromatic carbocycles. The van der Waals surface area contributed by atoms with Crippen molar-refractivity contribution in [1.29, 1.82) is 0 Å². The SMILES string of the molecule is CN1CC[C@H](O)[C@H](C(=O)NCCc2nc(N)n[nH]2)C1. The van der Waals surface area contributed by atoms with Gasteiger partial charge in [0.2, 0.25) is 11.9 Å². The zero-order chi connectivity index (χ0) is 13.8. The number of rotatable bonds is 4. The van der Waals surface area contributed by atoms with Crippen molar-refractivity contribution >= 4 is 11.9 Å². The number of piperidine rings is 1. The van der Waals surface area contributed by atoms with Crippen molar-refractivity contribution in [2.45, 2.75) is 18.9 Å². The lowest BCUT2D eigenvalue weighted by atomic mass is 9.94. The average Bonchev–Trinajstić information content (AvgIpc) is 2.78. The van der Waals surface area contributed by atoms with Gasteiger partial charge in [-0.25, -0.2) is 0 Å². The van der Waals surface area contributed by atoms with Crippen LogP contribution in [0.25, 0.3) is 0 Å². The third kappa shape index (κ3) is 3.65. The third-order valence-electron chi connectivity index (χ3n) is 3.33. The van der Waals surface area contributed by atoms with Gasteiger partial charge in [-0.05, 0) is 13.5 Å². The average molecular weight is 268 g/mol. The number of nitrogens with one attached hydrogen (secondary N) is 2. The van der Waals surface area contributed by atoms with Crippen molar-refractivity contribution in [2.75, 3.05) is 32.4 Å². The van der Waals surface area contributed by atoms with Gasteiger partial charge in [-0.2, -0.15) is 4.98 Å². The molecule has 0 saturated carbocycles. The zero-order valence-corrected chi connectivity index (χ0v) is 11.0. The molecule has 19 heavy (non-hydrogen) atoms. The number of carbonyl (C=O) groups is 1. The molecule has 1 saturated heterocycles. The van der Waals surface area contributed by atoms with Gasteiger partial charge in [0.1, 0.15) is 5.82 Å². The Labute approximate surface area is 111 Å². The van der Waals surface area contributed by atoms with Crippen LogP contribution in [0, 0.1) is 5.92 Å². The lowest BCUT2D eigenvalue weighted by Gasteiger charge is -2.32. The van der Waals surface area contributed by atoms with Gasteiger partial charge in [-0.3, -0.25) is 9.89 Å². The summed E-state index contributed by atoms with van der Waals surface area (Å²) in [5.41, 5.74) is 5.38. The molecule has 5 N–H and O–H groups in total. The summed E-state index contributed by atoms with van der Waals surface area (Å²) in [6.07, 6.45) is 0.610. The predicted octanol–water partition coefficient (Wildman–Crippen LogP) is -1.64. The number of aliphatic hydroxyl groups is 1. The Morgan fingerprint density at radius 1 is 1.68 bits per heavy atom. The van der Waals surface area contributed by atoms with Gasteiger partial charge < -0.3 is 21.1 Å². The molecule has 106 valence electrons.